The van der Waals surface area contributed by atoms with Crippen LogP contribution in [0.25, 0.3) is 0 Å². The van der Waals surface area contributed by atoms with E-state index in [4.69, 9.17) is 9.47 Å². The first kappa shape index (κ1) is 8.20. The molecule has 0 N–H and O–H groups in total. The molecule has 3 nitrogen and oxygen atoms in total. The van der Waals surface area contributed by atoms with Crippen molar-refractivity contribution in [3.05, 3.63) is 0 Å². The first-order valence-electron chi connectivity index (χ1n) is 4.21. The van der Waals surface area contributed by atoms with Crippen molar-refractivity contribution in [3.8, 4) is 0 Å². The minimum absolute atomic E-state index is 0.0833. The van der Waals surface area contributed by atoms with Gasteiger partial charge in [-0.05, 0) is 27.7 Å². The molecule has 2 aliphatic heterocycles. The fourth-order valence-electron chi connectivity index (χ4n) is 2.08. The summed E-state index contributed by atoms with van der Waals surface area (Å²) in [5, 5.41) is 0. The number of hydrogen-bond donors (Lipinski definition) is 0. The van der Waals surface area contributed by atoms with E-state index in [2.05, 4.69) is 0 Å². The molecule has 2 aliphatic rings. The molecule has 1 unspecified atom stereocenters. The average molecular weight is 170 g/mol. The highest BCUT2D eigenvalue weighted by Gasteiger charge is 2.72. The summed E-state index contributed by atoms with van der Waals surface area (Å²) in [5.41, 5.74) is -1.77. The topological polar surface area (TPSA) is 38.8 Å². The van der Waals surface area contributed by atoms with E-state index in [9.17, 15) is 4.79 Å². The molecule has 1 atom stereocenters. The maximum absolute atomic E-state index is 11.8. The number of hydrogen-bond acceptors (Lipinski definition) is 3. The molecule has 2 saturated heterocycles. The van der Waals surface area contributed by atoms with Crippen LogP contribution in [0.1, 0.15) is 27.7 Å². The van der Waals surface area contributed by atoms with Crippen molar-refractivity contribution in [3.63, 3.8) is 0 Å². The van der Waals surface area contributed by atoms with Gasteiger partial charge in [0.2, 0.25) is 5.78 Å². The van der Waals surface area contributed by atoms with Gasteiger partial charge < -0.3 is 9.47 Å². The van der Waals surface area contributed by atoms with Gasteiger partial charge in [0.05, 0.1) is 6.61 Å². The standard InChI is InChI=1S/C9H14O3/c1-7(2)6(10)9(5-11-9)8(3,4)12-7/h5H2,1-4H3. The first-order chi connectivity index (χ1) is 5.32. The van der Waals surface area contributed by atoms with Gasteiger partial charge in [0.25, 0.3) is 0 Å². The predicted octanol–water partition coefficient (Wildman–Crippen LogP) is 0.912. The van der Waals surface area contributed by atoms with E-state index in [1.54, 1.807) is 13.8 Å². The van der Waals surface area contributed by atoms with Gasteiger partial charge in [-0.3, -0.25) is 4.79 Å². The summed E-state index contributed by atoms with van der Waals surface area (Å²) >= 11 is 0. The van der Waals surface area contributed by atoms with E-state index in [-0.39, 0.29) is 5.78 Å². The van der Waals surface area contributed by atoms with Gasteiger partial charge in [0.1, 0.15) is 11.2 Å². The quantitative estimate of drug-likeness (QED) is 0.507. The third-order valence-electron chi connectivity index (χ3n) is 2.83. The lowest BCUT2D eigenvalue weighted by Gasteiger charge is -2.23. The van der Waals surface area contributed by atoms with Crippen LogP contribution in [0.3, 0.4) is 0 Å². The molecule has 0 aromatic heterocycles. The van der Waals surface area contributed by atoms with Gasteiger partial charge in [-0.1, -0.05) is 0 Å². The molecule has 0 aromatic rings. The van der Waals surface area contributed by atoms with Crippen molar-refractivity contribution >= 4 is 5.78 Å². The van der Waals surface area contributed by atoms with Crippen LogP contribution in [-0.2, 0) is 14.3 Å². The summed E-state index contributed by atoms with van der Waals surface area (Å²) in [5.74, 6) is 0.0833. The average Bonchev–Trinajstić information content (AvgIpc) is 2.59. The number of ketones is 1. The summed E-state index contributed by atoms with van der Waals surface area (Å²) in [7, 11) is 0. The van der Waals surface area contributed by atoms with Gasteiger partial charge in [-0.25, -0.2) is 0 Å². The lowest BCUT2D eigenvalue weighted by atomic mass is 9.86. The van der Waals surface area contributed by atoms with Crippen LogP contribution >= 0.6 is 0 Å². The number of rotatable bonds is 0. The molecular formula is C9H14O3. The van der Waals surface area contributed by atoms with E-state index in [0.717, 1.165) is 0 Å². The van der Waals surface area contributed by atoms with Crippen molar-refractivity contribution < 1.29 is 14.3 Å². The molecule has 0 saturated carbocycles. The second-order valence-corrected chi connectivity index (χ2v) is 4.57. The Labute approximate surface area is 72.0 Å². The summed E-state index contributed by atoms with van der Waals surface area (Å²) in [6, 6.07) is 0. The SMILES string of the molecule is CC1(C)OC(C)(C)C2(CO2)C1=O. The molecule has 3 heteroatoms. The largest absolute Gasteiger partial charge is 0.358 e. The Kier molecular flexibility index (Phi) is 1.20. The molecule has 2 rings (SSSR count). The van der Waals surface area contributed by atoms with Crippen LogP contribution in [0.4, 0.5) is 0 Å². The van der Waals surface area contributed by atoms with Crippen molar-refractivity contribution in [2.24, 2.45) is 0 Å². The van der Waals surface area contributed by atoms with Crippen LogP contribution < -0.4 is 0 Å². The molecule has 0 aromatic carbocycles. The molecule has 0 amide bonds. The Bertz CT molecular complexity index is 248. The Morgan fingerprint density at radius 2 is 1.75 bits per heavy atom. The number of epoxide rings is 1. The smallest absolute Gasteiger partial charge is 0.201 e. The zero-order chi connectivity index (χ0) is 9.20. The van der Waals surface area contributed by atoms with Crippen LogP contribution in [0.15, 0.2) is 0 Å². The molecule has 68 valence electrons. The van der Waals surface area contributed by atoms with E-state index in [1.807, 2.05) is 13.8 Å². The molecule has 2 fully saturated rings. The van der Waals surface area contributed by atoms with Crippen molar-refractivity contribution in [1.29, 1.82) is 0 Å². The third-order valence-corrected chi connectivity index (χ3v) is 2.83. The van der Waals surface area contributed by atoms with E-state index in [1.165, 1.54) is 0 Å². The zero-order valence-electron chi connectivity index (χ0n) is 7.93. The second kappa shape index (κ2) is 1.75. The highest BCUT2D eigenvalue weighted by Crippen LogP contribution is 2.51. The number of carbonyl (C=O) groups is 1. The van der Waals surface area contributed by atoms with E-state index < -0.39 is 16.8 Å². The Morgan fingerprint density at radius 1 is 1.25 bits per heavy atom. The van der Waals surface area contributed by atoms with Crippen molar-refractivity contribution in [2.45, 2.75) is 44.5 Å². The third kappa shape index (κ3) is 0.709. The number of ether oxygens (including phenoxy) is 2. The number of Topliss-reactive ketones (excluding diaryl/α,β-unsaturated/α-hetero) is 1. The second-order valence-electron chi connectivity index (χ2n) is 4.57. The van der Waals surface area contributed by atoms with Gasteiger partial charge in [0, 0.05) is 0 Å². The van der Waals surface area contributed by atoms with E-state index >= 15 is 0 Å². The minimum Gasteiger partial charge on any atom is -0.358 e. The summed E-state index contributed by atoms with van der Waals surface area (Å²) in [4.78, 5) is 11.8. The summed E-state index contributed by atoms with van der Waals surface area (Å²) in [6.07, 6.45) is 0. The molecule has 12 heavy (non-hydrogen) atoms. The van der Waals surface area contributed by atoms with Crippen LogP contribution in [0.2, 0.25) is 0 Å². The lowest BCUT2D eigenvalue weighted by Crippen LogP contribution is -2.40. The molecular weight excluding hydrogens is 156 g/mol. The Balaban J connectivity index is 2.43. The van der Waals surface area contributed by atoms with Crippen LogP contribution in [0.5, 0.6) is 0 Å². The lowest BCUT2D eigenvalue weighted by molar-refractivity contribution is -0.132. The molecule has 0 bridgehead atoms. The first-order valence-corrected chi connectivity index (χ1v) is 4.21. The molecule has 0 radical (unpaired) electrons. The van der Waals surface area contributed by atoms with Crippen molar-refractivity contribution in [1.82, 2.24) is 0 Å². The van der Waals surface area contributed by atoms with Crippen molar-refractivity contribution in [2.75, 3.05) is 6.61 Å². The van der Waals surface area contributed by atoms with Gasteiger partial charge in [-0.2, -0.15) is 0 Å². The van der Waals surface area contributed by atoms with Crippen LogP contribution in [0, 0.1) is 0 Å². The van der Waals surface area contributed by atoms with E-state index in [0.29, 0.717) is 6.61 Å². The maximum Gasteiger partial charge on any atom is 0.201 e. The molecule has 1 spiro atoms. The summed E-state index contributed by atoms with van der Waals surface area (Å²) in [6.45, 7) is 7.93. The zero-order valence-corrected chi connectivity index (χ0v) is 7.93. The molecule has 0 aliphatic carbocycles. The monoisotopic (exact) mass is 170 g/mol. The fourth-order valence-corrected chi connectivity index (χ4v) is 2.08. The highest BCUT2D eigenvalue weighted by atomic mass is 16.7. The van der Waals surface area contributed by atoms with Gasteiger partial charge in [-0.15, -0.1) is 0 Å². The van der Waals surface area contributed by atoms with Gasteiger partial charge >= 0.3 is 0 Å². The Morgan fingerprint density at radius 3 is 1.92 bits per heavy atom. The molecule has 2 heterocycles. The van der Waals surface area contributed by atoms with Gasteiger partial charge in [0.15, 0.2) is 5.60 Å². The van der Waals surface area contributed by atoms with Crippen LogP contribution in [-0.4, -0.2) is 29.2 Å². The summed E-state index contributed by atoms with van der Waals surface area (Å²) < 4.78 is 10.9. The predicted molar refractivity (Wildman–Crippen MR) is 42.9 cm³/mol. The normalized spacial score (nSPS) is 42.2. The maximum atomic E-state index is 11.8. The number of carbonyl (C=O) groups excluding carboxylic acids is 1. The highest BCUT2D eigenvalue weighted by molar-refractivity contribution is 5.99. The minimum atomic E-state index is -0.681. The Hall–Kier alpha value is -0.410. The fraction of sp³-hybridized carbons (Fsp3) is 0.889.